The summed E-state index contributed by atoms with van der Waals surface area (Å²) in [6, 6.07) is 0. The van der Waals surface area contributed by atoms with Crippen molar-refractivity contribution in [3.05, 3.63) is 0 Å². The van der Waals surface area contributed by atoms with E-state index in [0.29, 0.717) is 0 Å². The molecule has 0 amide bonds. The van der Waals surface area contributed by atoms with Gasteiger partial charge in [0, 0.05) is 13.2 Å². The topological polar surface area (TPSA) is 76.0 Å². The summed E-state index contributed by atoms with van der Waals surface area (Å²) in [7, 11) is 0. The quantitative estimate of drug-likeness (QED) is 0.416. The molecule has 5 nitrogen and oxygen atoms in total. The lowest BCUT2D eigenvalue weighted by molar-refractivity contribution is -0.162. The summed E-state index contributed by atoms with van der Waals surface area (Å²) in [5.41, 5.74) is 0. The van der Waals surface area contributed by atoms with Gasteiger partial charge in [0.05, 0.1) is 25.0 Å². The highest BCUT2D eigenvalue weighted by Crippen LogP contribution is 2.27. The van der Waals surface area contributed by atoms with Crippen LogP contribution in [0.25, 0.3) is 0 Å². The van der Waals surface area contributed by atoms with E-state index in [-0.39, 0.29) is 38.9 Å². The SMILES string of the molecule is CCOC(CCC(O)C(=O)C(O)CCC(CC(F)(F)F)OCC)CC(F)(F)F. The first-order chi connectivity index (χ1) is 12.8. The molecular weight excluding hydrogens is 398 g/mol. The number of ketones is 1. The normalized spacial score (nSPS) is 17.2. The molecule has 0 radical (unpaired) electrons. The second-order valence-electron chi connectivity index (χ2n) is 6.38. The number of carbonyl (C=O) groups excluding carboxylic acids is 1. The molecule has 4 atom stereocenters. The fourth-order valence-corrected chi connectivity index (χ4v) is 2.67. The van der Waals surface area contributed by atoms with Crippen molar-refractivity contribution in [3.63, 3.8) is 0 Å². The van der Waals surface area contributed by atoms with Crippen LogP contribution in [0.5, 0.6) is 0 Å². The summed E-state index contributed by atoms with van der Waals surface area (Å²) in [4.78, 5) is 11.9. The van der Waals surface area contributed by atoms with Crippen LogP contribution < -0.4 is 0 Å². The molecule has 0 aromatic heterocycles. The fourth-order valence-electron chi connectivity index (χ4n) is 2.67. The Morgan fingerprint density at radius 1 is 0.750 bits per heavy atom. The van der Waals surface area contributed by atoms with E-state index in [0.717, 1.165) is 0 Å². The number of alkyl halides is 6. The van der Waals surface area contributed by atoms with Crippen molar-refractivity contribution in [2.45, 2.75) is 89.1 Å². The predicted octanol–water partition coefficient (Wildman–Crippen LogP) is 3.55. The van der Waals surface area contributed by atoms with E-state index in [2.05, 4.69) is 0 Å². The van der Waals surface area contributed by atoms with Gasteiger partial charge >= 0.3 is 12.4 Å². The lowest BCUT2D eigenvalue weighted by Crippen LogP contribution is -2.34. The van der Waals surface area contributed by atoms with Crippen molar-refractivity contribution in [1.29, 1.82) is 0 Å². The zero-order valence-corrected chi connectivity index (χ0v) is 15.9. The average Bonchev–Trinajstić information content (AvgIpc) is 2.54. The minimum Gasteiger partial charge on any atom is -0.385 e. The Morgan fingerprint density at radius 2 is 1.07 bits per heavy atom. The van der Waals surface area contributed by atoms with Gasteiger partial charge in [-0.2, -0.15) is 26.3 Å². The number of rotatable bonds is 14. The smallest absolute Gasteiger partial charge is 0.385 e. The molecule has 2 N–H and O–H groups in total. The van der Waals surface area contributed by atoms with Crippen LogP contribution >= 0.6 is 0 Å². The number of aliphatic hydroxyl groups excluding tert-OH is 2. The minimum atomic E-state index is -4.47. The van der Waals surface area contributed by atoms with Crippen LogP contribution in [0.4, 0.5) is 26.3 Å². The predicted molar refractivity (Wildman–Crippen MR) is 87.7 cm³/mol. The number of ether oxygens (including phenoxy) is 2. The molecule has 0 aliphatic rings. The van der Waals surface area contributed by atoms with Crippen LogP contribution in [0, 0.1) is 0 Å². The van der Waals surface area contributed by atoms with Gasteiger partial charge in [-0.25, -0.2) is 0 Å². The van der Waals surface area contributed by atoms with Gasteiger partial charge in [0.2, 0.25) is 0 Å². The Bertz CT molecular complexity index is 403. The summed E-state index contributed by atoms with van der Waals surface area (Å²) >= 11 is 0. The van der Waals surface area contributed by atoms with E-state index in [4.69, 9.17) is 9.47 Å². The number of hydrogen-bond donors (Lipinski definition) is 2. The first kappa shape index (κ1) is 27.1. The standard InChI is InChI=1S/C17H28F6O5/c1-3-27-11(9-16(18,19)20)5-7-13(24)15(26)14(25)8-6-12(28-4-2)10-17(21,22)23/h11-14,24-25H,3-10H2,1-2H3. The molecule has 0 saturated carbocycles. The Hall–Kier alpha value is -0.910. The van der Waals surface area contributed by atoms with Gasteiger partial charge in [-0.05, 0) is 39.5 Å². The lowest BCUT2D eigenvalue weighted by Gasteiger charge is -2.22. The Morgan fingerprint density at radius 3 is 1.32 bits per heavy atom. The lowest BCUT2D eigenvalue weighted by atomic mass is 9.98. The van der Waals surface area contributed by atoms with E-state index >= 15 is 0 Å². The second-order valence-corrected chi connectivity index (χ2v) is 6.38. The molecule has 0 saturated heterocycles. The van der Waals surface area contributed by atoms with Crippen LogP contribution in [0.2, 0.25) is 0 Å². The molecule has 0 bridgehead atoms. The van der Waals surface area contributed by atoms with Gasteiger partial charge in [0.15, 0.2) is 5.78 Å². The first-order valence-electron chi connectivity index (χ1n) is 9.05. The molecule has 11 heteroatoms. The van der Waals surface area contributed by atoms with E-state index < -0.39 is 55.4 Å². The van der Waals surface area contributed by atoms with Crippen LogP contribution in [-0.2, 0) is 14.3 Å². The third-order valence-electron chi connectivity index (χ3n) is 3.90. The monoisotopic (exact) mass is 426 g/mol. The molecule has 28 heavy (non-hydrogen) atoms. The van der Waals surface area contributed by atoms with Crippen molar-refractivity contribution >= 4 is 5.78 Å². The Labute approximate surface area is 160 Å². The van der Waals surface area contributed by atoms with Crippen molar-refractivity contribution in [1.82, 2.24) is 0 Å². The molecule has 4 unspecified atom stereocenters. The largest absolute Gasteiger partial charge is 0.391 e. The summed E-state index contributed by atoms with van der Waals surface area (Å²) in [5.74, 6) is -1.05. The van der Waals surface area contributed by atoms with Gasteiger partial charge < -0.3 is 19.7 Å². The van der Waals surface area contributed by atoms with Crippen LogP contribution in [0.15, 0.2) is 0 Å². The maximum absolute atomic E-state index is 12.5. The zero-order chi connectivity index (χ0) is 22.0. The van der Waals surface area contributed by atoms with Gasteiger partial charge in [0.1, 0.15) is 12.2 Å². The summed E-state index contributed by atoms with van der Waals surface area (Å²) in [6.45, 7) is 3.05. The highest BCUT2D eigenvalue weighted by molar-refractivity contribution is 5.86. The third-order valence-corrected chi connectivity index (χ3v) is 3.90. The molecule has 0 spiro atoms. The van der Waals surface area contributed by atoms with E-state index in [9.17, 15) is 41.4 Å². The summed E-state index contributed by atoms with van der Waals surface area (Å²) < 4.78 is 84.6. The molecule has 0 aromatic carbocycles. The van der Waals surface area contributed by atoms with Crippen molar-refractivity contribution in [2.24, 2.45) is 0 Å². The summed E-state index contributed by atoms with van der Waals surface area (Å²) in [5, 5.41) is 19.6. The number of Topliss-reactive ketones (excluding diaryl/α,β-unsaturated/α-hetero) is 1. The molecule has 0 aromatic rings. The number of halogens is 6. The zero-order valence-electron chi connectivity index (χ0n) is 15.9. The van der Waals surface area contributed by atoms with E-state index in [1.54, 1.807) is 0 Å². The van der Waals surface area contributed by atoms with E-state index in [1.807, 2.05) is 0 Å². The Balaban J connectivity index is 4.54. The average molecular weight is 426 g/mol. The maximum Gasteiger partial charge on any atom is 0.391 e. The second kappa shape index (κ2) is 12.6. The van der Waals surface area contributed by atoms with Crippen LogP contribution in [-0.4, -0.2) is 66.0 Å². The van der Waals surface area contributed by atoms with Crippen LogP contribution in [0.1, 0.15) is 52.4 Å². The van der Waals surface area contributed by atoms with Gasteiger partial charge in [-0.3, -0.25) is 4.79 Å². The molecule has 0 aliphatic carbocycles. The van der Waals surface area contributed by atoms with Crippen molar-refractivity contribution in [2.75, 3.05) is 13.2 Å². The van der Waals surface area contributed by atoms with E-state index in [1.165, 1.54) is 13.8 Å². The molecule has 0 aliphatic heterocycles. The minimum absolute atomic E-state index is 0.0193. The molecule has 0 heterocycles. The van der Waals surface area contributed by atoms with Gasteiger partial charge in [-0.1, -0.05) is 0 Å². The fraction of sp³-hybridized carbons (Fsp3) is 0.941. The summed E-state index contributed by atoms with van der Waals surface area (Å²) in [6.07, 6.45) is -18.6. The van der Waals surface area contributed by atoms with Crippen LogP contribution in [0.3, 0.4) is 0 Å². The molecule has 0 fully saturated rings. The maximum atomic E-state index is 12.5. The van der Waals surface area contributed by atoms with Crippen molar-refractivity contribution in [3.8, 4) is 0 Å². The molecule has 168 valence electrons. The third kappa shape index (κ3) is 13.3. The van der Waals surface area contributed by atoms with Crippen molar-refractivity contribution < 1.29 is 50.8 Å². The highest BCUT2D eigenvalue weighted by Gasteiger charge is 2.35. The molecular formula is C17H28F6O5. The number of aliphatic hydroxyl groups is 2. The number of hydrogen-bond acceptors (Lipinski definition) is 5. The first-order valence-corrected chi connectivity index (χ1v) is 9.05. The van der Waals surface area contributed by atoms with Gasteiger partial charge in [0.25, 0.3) is 0 Å². The highest BCUT2D eigenvalue weighted by atomic mass is 19.4. The van der Waals surface area contributed by atoms with Gasteiger partial charge in [-0.15, -0.1) is 0 Å². The number of carbonyl (C=O) groups is 1. The molecule has 0 rings (SSSR count). The Kier molecular flexibility index (Phi) is 12.2.